The fourth-order valence-electron chi connectivity index (χ4n) is 0.850. The average Bonchev–Trinajstić information content (AvgIpc) is 2.09. The second kappa shape index (κ2) is 10.4. The van der Waals surface area contributed by atoms with E-state index in [-0.39, 0.29) is 6.42 Å². The monoisotopic (exact) mass is 175 g/mol. The van der Waals surface area contributed by atoms with Gasteiger partial charge in [-0.2, -0.15) is 0 Å². The molecular formula is C9H21NO2. The Bertz CT molecular complexity index is 101. The van der Waals surface area contributed by atoms with Crippen molar-refractivity contribution in [2.24, 2.45) is 0 Å². The van der Waals surface area contributed by atoms with Gasteiger partial charge in [0.2, 0.25) is 0 Å². The molecule has 0 amide bonds. The van der Waals surface area contributed by atoms with Crippen LogP contribution in [0, 0.1) is 0 Å². The Hall–Kier alpha value is -0.570. The Balaban J connectivity index is 0. The topological polar surface area (TPSA) is 49.3 Å². The third-order valence-corrected chi connectivity index (χ3v) is 1.61. The molecular weight excluding hydrogens is 154 g/mol. The second-order valence-electron chi connectivity index (χ2n) is 2.33. The summed E-state index contributed by atoms with van der Waals surface area (Å²) < 4.78 is 0. The molecule has 0 aromatic rings. The number of nitrogens with one attached hydrogen (secondary N) is 1. The molecule has 0 aliphatic carbocycles. The quantitative estimate of drug-likeness (QED) is 0.670. The summed E-state index contributed by atoms with van der Waals surface area (Å²) in [5.41, 5.74) is 0. The molecule has 1 unspecified atom stereocenters. The standard InChI is InChI=1S/C7H15NO2.C2H6/c1-3-6(8-2)4-5-7(9)10;1-2/h6,8H,3-5H2,1-2H3,(H,9,10);1-2H3. The number of carbonyl (C=O) groups is 1. The Morgan fingerprint density at radius 1 is 1.50 bits per heavy atom. The number of carboxylic acids is 1. The van der Waals surface area contributed by atoms with Gasteiger partial charge in [-0.3, -0.25) is 4.79 Å². The molecule has 0 bridgehead atoms. The molecule has 12 heavy (non-hydrogen) atoms. The summed E-state index contributed by atoms with van der Waals surface area (Å²) in [5, 5.41) is 11.4. The van der Waals surface area contributed by atoms with E-state index in [4.69, 9.17) is 5.11 Å². The molecule has 0 saturated carbocycles. The summed E-state index contributed by atoms with van der Waals surface area (Å²) in [5.74, 6) is -0.714. The minimum Gasteiger partial charge on any atom is -0.481 e. The lowest BCUT2D eigenvalue weighted by Crippen LogP contribution is -2.24. The molecule has 0 heterocycles. The van der Waals surface area contributed by atoms with Crippen molar-refractivity contribution in [2.75, 3.05) is 7.05 Å². The van der Waals surface area contributed by atoms with Gasteiger partial charge >= 0.3 is 5.97 Å². The van der Waals surface area contributed by atoms with Crippen molar-refractivity contribution in [3.05, 3.63) is 0 Å². The highest BCUT2D eigenvalue weighted by atomic mass is 16.4. The third-order valence-electron chi connectivity index (χ3n) is 1.61. The summed E-state index contributed by atoms with van der Waals surface area (Å²) in [4.78, 5) is 10.1. The van der Waals surface area contributed by atoms with E-state index in [1.807, 2.05) is 27.8 Å². The Morgan fingerprint density at radius 2 is 2.00 bits per heavy atom. The maximum absolute atomic E-state index is 10.1. The normalized spacial score (nSPS) is 11.3. The Kier molecular flexibility index (Phi) is 12.2. The first-order chi connectivity index (χ1) is 5.70. The van der Waals surface area contributed by atoms with Crippen LogP contribution in [-0.2, 0) is 4.79 Å². The molecule has 1 atom stereocenters. The first-order valence-electron chi connectivity index (χ1n) is 4.59. The molecule has 0 aromatic heterocycles. The van der Waals surface area contributed by atoms with Crippen molar-refractivity contribution in [1.29, 1.82) is 0 Å². The maximum Gasteiger partial charge on any atom is 0.303 e. The zero-order valence-electron chi connectivity index (χ0n) is 8.55. The molecule has 0 aromatic carbocycles. The van der Waals surface area contributed by atoms with Gasteiger partial charge in [-0.15, -0.1) is 0 Å². The maximum atomic E-state index is 10.1. The number of hydrogen-bond donors (Lipinski definition) is 2. The van der Waals surface area contributed by atoms with Gasteiger partial charge in [-0.1, -0.05) is 20.8 Å². The molecule has 0 radical (unpaired) electrons. The van der Waals surface area contributed by atoms with Crippen LogP contribution in [-0.4, -0.2) is 24.2 Å². The predicted molar refractivity (Wildman–Crippen MR) is 51.4 cm³/mol. The van der Waals surface area contributed by atoms with E-state index in [9.17, 15) is 4.79 Å². The fourth-order valence-corrected chi connectivity index (χ4v) is 0.850. The molecule has 0 spiro atoms. The first-order valence-corrected chi connectivity index (χ1v) is 4.59. The van der Waals surface area contributed by atoms with Gasteiger partial charge in [-0.05, 0) is 19.9 Å². The minimum absolute atomic E-state index is 0.263. The van der Waals surface area contributed by atoms with Gasteiger partial charge in [0.05, 0.1) is 0 Å². The van der Waals surface area contributed by atoms with Crippen LogP contribution >= 0.6 is 0 Å². The van der Waals surface area contributed by atoms with Crippen molar-refractivity contribution in [3.8, 4) is 0 Å². The lowest BCUT2D eigenvalue weighted by molar-refractivity contribution is -0.137. The van der Waals surface area contributed by atoms with E-state index in [0.29, 0.717) is 6.04 Å². The highest BCUT2D eigenvalue weighted by Gasteiger charge is 2.04. The smallest absolute Gasteiger partial charge is 0.303 e. The SMILES string of the molecule is CC.CCC(CCC(=O)O)NC. The van der Waals surface area contributed by atoms with Crippen LogP contribution in [0.15, 0.2) is 0 Å². The Labute approximate surface area is 75.2 Å². The van der Waals surface area contributed by atoms with E-state index >= 15 is 0 Å². The lowest BCUT2D eigenvalue weighted by Gasteiger charge is -2.10. The van der Waals surface area contributed by atoms with Crippen molar-refractivity contribution in [2.45, 2.75) is 46.1 Å². The molecule has 0 saturated heterocycles. The summed E-state index contributed by atoms with van der Waals surface area (Å²) in [6.45, 7) is 6.04. The Morgan fingerprint density at radius 3 is 2.25 bits per heavy atom. The summed E-state index contributed by atoms with van der Waals surface area (Å²) in [7, 11) is 1.86. The van der Waals surface area contributed by atoms with Crippen LogP contribution in [0.5, 0.6) is 0 Å². The molecule has 0 aliphatic heterocycles. The van der Waals surface area contributed by atoms with Crippen molar-refractivity contribution >= 4 is 5.97 Å². The largest absolute Gasteiger partial charge is 0.481 e. The van der Waals surface area contributed by atoms with Crippen LogP contribution in [0.1, 0.15) is 40.0 Å². The number of hydrogen-bond acceptors (Lipinski definition) is 2. The van der Waals surface area contributed by atoms with Crippen LogP contribution in [0.4, 0.5) is 0 Å². The zero-order valence-corrected chi connectivity index (χ0v) is 8.55. The summed E-state index contributed by atoms with van der Waals surface area (Å²) in [6.07, 6.45) is 1.98. The molecule has 3 nitrogen and oxygen atoms in total. The van der Waals surface area contributed by atoms with Crippen molar-refractivity contribution in [1.82, 2.24) is 5.32 Å². The van der Waals surface area contributed by atoms with Crippen molar-refractivity contribution < 1.29 is 9.90 Å². The molecule has 0 rings (SSSR count). The molecule has 2 N–H and O–H groups in total. The lowest BCUT2D eigenvalue weighted by atomic mass is 10.1. The molecule has 74 valence electrons. The van der Waals surface area contributed by atoms with Crippen molar-refractivity contribution in [3.63, 3.8) is 0 Å². The number of aliphatic carboxylic acids is 1. The number of rotatable bonds is 5. The van der Waals surface area contributed by atoms with E-state index < -0.39 is 5.97 Å². The predicted octanol–water partition coefficient (Wildman–Crippen LogP) is 1.88. The molecule has 0 aliphatic rings. The second-order valence-corrected chi connectivity index (χ2v) is 2.33. The van der Waals surface area contributed by atoms with Gasteiger partial charge in [0.25, 0.3) is 0 Å². The highest BCUT2D eigenvalue weighted by Crippen LogP contribution is 1.99. The van der Waals surface area contributed by atoms with E-state index in [1.165, 1.54) is 0 Å². The summed E-state index contributed by atoms with van der Waals surface area (Å²) in [6, 6.07) is 0.357. The van der Waals surface area contributed by atoms with Gasteiger partial charge in [0.15, 0.2) is 0 Å². The zero-order chi connectivity index (χ0) is 9.98. The van der Waals surface area contributed by atoms with Crippen LogP contribution in [0.25, 0.3) is 0 Å². The minimum atomic E-state index is -0.714. The average molecular weight is 175 g/mol. The molecule has 3 heteroatoms. The third kappa shape index (κ3) is 9.43. The van der Waals surface area contributed by atoms with Crippen LogP contribution in [0.3, 0.4) is 0 Å². The van der Waals surface area contributed by atoms with Gasteiger partial charge in [0, 0.05) is 12.5 Å². The van der Waals surface area contributed by atoms with E-state index in [2.05, 4.69) is 5.32 Å². The molecule has 0 fully saturated rings. The van der Waals surface area contributed by atoms with E-state index in [1.54, 1.807) is 0 Å². The fraction of sp³-hybridized carbons (Fsp3) is 0.889. The van der Waals surface area contributed by atoms with Crippen LogP contribution in [0.2, 0.25) is 0 Å². The summed E-state index contributed by atoms with van der Waals surface area (Å²) >= 11 is 0. The van der Waals surface area contributed by atoms with Gasteiger partial charge in [-0.25, -0.2) is 0 Å². The highest BCUT2D eigenvalue weighted by molar-refractivity contribution is 5.66. The van der Waals surface area contributed by atoms with Gasteiger partial charge < -0.3 is 10.4 Å². The van der Waals surface area contributed by atoms with E-state index in [0.717, 1.165) is 12.8 Å². The number of carboxylic acid groups (broad SMARTS) is 1. The first kappa shape index (κ1) is 14.0. The van der Waals surface area contributed by atoms with Crippen LogP contribution < -0.4 is 5.32 Å². The van der Waals surface area contributed by atoms with Gasteiger partial charge in [0.1, 0.15) is 0 Å².